The van der Waals surface area contributed by atoms with Crippen molar-refractivity contribution in [1.82, 2.24) is 14.5 Å². The first-order chi connectivity index (χ1) is 17.7. The molecule has 1 fully saturated rings. The van der Waals surface area contributed by atoms with E-state index in [-0.39, 0.29) is 6.09 Å². The lowest BCUT2D eigenvalue weighted by Gasteiger charge is -2.24. The summed E-state index contributed by atoms with van der Waals surface area (Å²) in [7, 11) is 0. The number of likely N-dealkylation sites (tertiary alicyclic amines) is 1. The molecule has 0 N–H and O–H groups in total. The Hall–Kier alpha value is -4.11. The molecule has 3 heterocycles. The lowest BCUT2D eigenvalue weighted by molar-refractivity contribution is 0.0287. The van der Waals surface area contributed by atoms with Gasteiger partial charge in [0.25, 0.3) is 0 Å². The second kappa shape index (κ2) is 9.74. The molecule has 0 saturated carbocycles. The molecule has 0 aliphatic carbocycles. The molecule has 37 heavy (non-hydrogen) atoms. The maximum atomic E-state index is 12.5. The molecule has 5 rings (SSSR count). The number of amides is 1. The lowest BCUT2D eigenvalue weighted by atomic mass is 9.95. The molecule has 0 radical (unpaired) electrons. The quantitative estimate of drug-likeness (QED) is 0.314. The summed E-state index contributed by atoms with van der Waals surface area (Å²) in [5, 5.41) is 10.4. The van der Waals surface area contributed by atoms with E-state index in [0.29, 0.717) is 24.6 Å². The molecule has 1 saturated heterocycles. The van der Waals surface area contributed by atoms with Crippen molar-refractivity contribution in [3.8, 4) is 28.5 Å². The zero-order chi connectivity index (χ0) is 26.2. The molecular weight excluding hydrogens is 460 g/mol. The number of hydrogen-bond acceptors (Lipinski definition) is 4. The van der Waals surface area contributed by atoms with Crippen molar-refractivity contribution in [2.24, 2.45) is 5.92 Å². The van der Waals surface area contributed by atoms with E-state index in [4.69, 9.17) is 9.72 Å². The van der Waals surface area contributed by atoms with Gasteiger partial charge in [-0.25, -0.2) is 4.79 Å². The number of benzene rings is 2. The average molecular weight is 493 g/mol. The second-order valence-electron chi connectivity index (χ2n) is 10.9. The second-order valence-corrected chi connectivity index (χ2v) is 10.9. The number of aryl methyl sites for hydroxylation is 1. The number of fused-ring (bicyclic) bond motifs is 1. The normalized spacial score (nSPS) is 15.6. The largest absolute Gasteiger partial charge is 0.444 e. The number of hydrogen-bond donors (Lipinski definition) is 0. The van der Waals surface area contributed by atoms with Crippen LogP contribution in [-0.4, -0.2) is 39.2 Å². The molecule has 188 valence electrons. The summed E-state index contributed by atoms with van der Waals surface area (Å²) in [5.74, 6) is 0.346. The highest BCUT2D eigenvalue weighted by Gasteiger charge is 2.30. The molecule has 0 spiro atoms. The predicted molar refractivity (Wildman–Crippen MR) is 146 cm³/mol. The van der Waals surface area contributed by atoms with E-state index in [2.05, 4.69) is 54.1 Å². The fourth-order valence-corrected chi connectivity index (χ4v) is 5.00. The fraction of sp³-hybridized carbons (Fsp3) is 0.323. The molecule has 0 unspecified atom stereocenters. The highest BCUT2D eigenvalue weighted by molar-refractivity contribution is 6.01. The summed E-state index contributed by atoms with van der Waals surface area (Å²) in [4.78, 5) is 19.3. The van der Waals surface area contributed by atoms with E-state index in [0.717, 1.165) is 46.3 Å². The number of aromatic nitrogens is 2. The van der Waals surface area contributed by atoms with Gasteiger partial charge < -0.3 is 14.2 Å². The van der Waals surface area contributed by atoms with Crippen molar-refractivity contribution < 1.29 is 9.53 Å². The van der Waals surface area contributed by atoms with Crippen LogP contribution in [0.3, 0.4) is 0 Å². The van der Waals surface area contributed by atoms with Gasteiger partial charge in [-0.3, -0.25) is 4.98 Å². The molecular formula is C31H32N4O2. The Balaban J connectivity index is 1.49. The summed E-state index contributed by atoms with van der Waals surface area (Å²) in [6.45, 7) is 9.97. The Morgan fingerprint density at radius 2 is 1.78 bits per heavy atom. The van der Waals surface area contributed by atoms with Gasteiger partial charge in [-0.05, 0) is 63.8 Å². The van der Waals surface area contributed by atoms with Crippen LogP contribution in [0.5, 0.6) is 0 Å². The molecule has 2 aromatic heterocycles. The Morgan fingerprint density at radius 3 is 2.46 bits per heavy atom. The van der Waals surface area contributed by atoms with Crippen LogP contribution >= 0.6 is 0 Å². The highest BCUT2D eigenvalue weighted by Crippen LogP contribution is 2.37. The number of carbonyl (C=O) groups excluding carboxylic acids is 1. The van der Waals surface area contributed by atoms with E-state index in [1.165, 1.54) is 5.56 Å². The highest BCUT2D eigenvalue weighted by atomic mass is 16.6. The van der Waals surface area contributed by atoms with E-state index in [1.807, 2.05) is 56.1 Å². The van der Waals surface area contributed by atoms with E-state index < -0.39 is 5.60 Å². The molecule has 2 aromatic carbocycles. The molecule has 1 aliphatic heterocycles. The van der Waals surface area contributed by atoms with Crippen molar-refractivity contribution in [3.63, 3.8) is 0 Å². The number of rotatable bonds is 4. The van der Waals surface area contributed by atoms with E-state index in [1.54, 1.807) is 0 Å². The fourth-order valence-electron chi connectivity index (χ4n) is 5.00. The van der Waals surface area contributed by atoms with Crippen molar-refractivity contribution in [2.75, 3.05) is 13.1 Å². The van der Waals surface area contributed by atoms with Crippen molar-refractivity contribution in [3.05, 3.63) is 78.1 Å². The van der Waals surface area contributed by atoms with Crippen LogP contribution in [0.15, 0.2) is 67.0 Å². The zero-order valence-corrected chi connectivity index (χ0v) is 21.9. The van der Waals surface area contributed by atoms with E-state index >= 15 is 0 Å². The maximum Gasteiger partial charge on any atom is 0.410 e. The molecule has 6 heteroatoms. The minimum absolute atomic E-state index is 0.236. The lowest BCUT2D eigenvalue weighted by Crippen LogP contribution is -2.35. The van der Waals surface area contributed by atoms with Gasteiger partial charge in [0.15, 0.2) is 0 Å². The minimum atomic E-state index is -0.492. The van der Waals surface area contributed by atoms with Crippen LogP contribution in [0.4, 0.5) is 4.79 Å². The summed E-state index contributed by atoms with van der Waals surface area (Å²) < 4.78 is 7.82. The first kappa shape index (κ1) is 24.6. The van der Waals surface area contributed by atoms with Gasteiger partial charge in [-0.2, -0.15) is 5.26 Å². The van der Waals surface area contributed by atoms with Gasteiger partial charge in [0.2, 0.25) is 0 Å². The third kappa shape index (κ3) is 5.22. The monoisotopic (exact) mass is 492 g/mol. The maximum absolute atomic E-state index is 12.5. The van der Waals surface area contributed by atoms with Gasteiger partial charge in [0.05, 0.1) is 29.0 Å². The molecule has 1 aliphatic rings. The van der Waals surface area contributed by atoms with Gasteiger partial charge in [-0.15, -0.1) is 0 Å². The van der Waals surface area contributed by atoms with Crippen LogP contribution in [0.25, 0.3) is 33.3 Å². The number of ether oxygens (including phenoxy) is 1. The molecule has 1 amide bonds. The third-order valence-electron chi connectivity index (χ3n) is 6.85. The Bertz CT molecular complexity index is 1470. The number of pyridine rings is 1. The standard InChI is InChI=1S/C31H32N4O2/c1-21-5-9-25(10-6-21)29-28(24-11-7-22(17-32)8-12-24)26-14-16-34(27(26)18-33-29)19-23-13-15-35(20-23)30(36)37-31(2,3)4/h5-12,14,16,18,23H,13,15,19-20H2,1-4H3/t23-/m0/s1. The smallest absolute Gasteiger partial charge is 0.410 e. The minimum Gasteiger partial charge on any atom is -0.444 e. The van der Waals surface area contributed by atoms with Gasteiger partial charge in [0.1, 0.15) is 5.60 Å². The number of nitriles is 1. The van der Waals surface area contributed by atoms with E-state index in [9.17, 15) is 10.1 Å². The molecule has 1 atom stereocenters. The predicted octanol–water partition coefficient (Wildman–Crippen LogP) is 6.81. The van der Waals surface area contributed by atoms with Crippen LogP contribution in [-0.2, 0) is 11.3 Å². The Morgan fingerprint density at radius 1 is 1.08 bits per heavy atom. The number of carbonyl (C=O) groups is 1. The van der Waals surface area contributed by atoms with Crippen molar-refractivity contribution in [1.29, 1.82) is 5.26 Å². The van der Waals surface area contributed by atoms with Crippen molar-refractivity contribution >= 4 is 17.0 Å². The average Bonchev–Trinajstić information content (AvgIpc) is 3.51. The van der Waals surface area contributed by atoms with Crippen LogP contribution in [0, 0.1) is 24.2 Å². The summed E-state index contributed by atoms with van der Waals surface area (Å²) in [6, 6.07) is 20.5. The summed E-state index contributed by atoms with van der Waals surface area (Å²) >= 11 is 0. The summed E-state index contributed by atoms with van der Waals surface area (Å²) in [5.41, 5.74) is 6.48. The first-order valence-electron chi connectivity index (χ1n) is 12.8. The van der Waals surface area contributed by atoms with Crippen LogP contribution in [0.2, 0.25) is 0 Å². The SMILES string of the molecule is Cc1ccc(-c2ncc3c(ccn3C[C@@H]3CCN(C(=O)OC(C)(C)C)C3)c2-c2ccc(C#N)cc2)cc1. The van der Waals surface area contributed by atoms with Gasteiger partial charge >= 0.3 is 6.09 Å². The molecule has 0 bridgehead atoms. The number of nitrogens with zero attached hydrogens (tertiary/aromatic N) is 4. The molecule has 4 aromatic rings. The first-order valence-corrected chi connectivity index (χ1v) is 12.8. The zero-order valence-electron chi connectivity index (χ0n) is 21.9. The Kier molecular flexibility index (Phi) is 6.47. The topological polar surface area (TPSA) is 71.2 Å². The van der Waals surface area contributed by atoms with Crippen LogP contribution < -0.4 is 0 Å². The third-order valence-corrected chi connectivity index (χ3v) is 6.85. The van der Waals surface area contributed by atoms with Crippen LogP contribution in [0.1, 0.15) is 38.3 Å². The summed E-state index contributed by atoms with van der Waals surface area (Å²) in [6.07, 6.45) is 4.78. The van der Waals surface area contributed by atoms with Crippen molar-refractivity contribution in [2.45, 2.75) is 46.3 Å². The van der Waals surface area contributed by atoms with Gasteiger partial charge in [0, 0.05) is 42.3 Å². The van der Waals surface area contributed by atoms with Gasteiger partial charge in [-0.1, -0.05) is 42.0 Å². The molecule has 6 nitrogen and oxygen atoms in total. The Labute approximate surface area is 218 Å².